The van der Waals surface area contributed by atoms with E-state index in [0.717, 1.165) is 33.6 Å². The van der Waals surface area contributed by atoms with Crippen LogP contribution in [-0.2, 0) is 0 Å². The summed E-state index contributed by atoms with van der Waals surface area (Å²) in [6.45, 7) is 0. The molecule has 126 valence electrons. The molecule has 1 aromatic carbocycles. The fraction of sp³-hybridized carbons (Fsp3) is 0.118. The van der Waals surface area contributed by atoms with Crippen molar-refractivity contribution in [1.29, 1.82) is 0 Å². The Morgan fingerprint density at radius 2 is 2.00 bits per heavy atom. The Bertz CT molecular complexity index is 939. The van der Waals surface area contributed by atoms with Crippen LogP contribution in [0.1, 0.15) is 5.56 Å². The number of methoxy groups -OCH3 is 2. The lowest BCUT2D eigenvalue weighted by Gasteiger charge is -2.20. The van der Waals surface area contributed by atoms with Gasteiger partial charge in [-0.05, 0) is 30.3 Å². The average Bonchev–Trinajstić information content (AvgIpc) is 3.11. The number of nitrogens with one attached hydrogen (secondary N) is 1. The fourth-order valence-corrected chi connectivity index (χ4v) is 3.24. The summed E-state index contributed by atoms with van der Waals surface area (Å²) in [6.07, 6.45) is 1.73. The summed E-state index contributed by atoms with van der Waals surface area (Å²) in [6, 6.07) is 11.3. The van der Waals surface area contributed by atoms with Crippen LogP contribution in [0.2, 0.25) is 0 Å². The predicted molar refractivity (Wildman–Crippen MR) is 96.0 cm³/mol. The zero-order valence-corrected chi connectivity index (χ0v) is 14.4. The molecule has 1 aliphatic heterocycles. The Morgan fingerprint density at radius 3 is 2.76 bits per heavy atom. The summed E-state index contributed by atoms with van der Waals surface area (Å²) < 4.78 is 12.6. The summed E-state index contributed by atoms with van der Waals surface area (Å²) in [5.41, 5.74) is 5.84. The molecule has 4 rings (SSSR count). The Morgan fingerprint density at radius 1 is 1.08 bits per heavy atom. The Labute approximate surface area is 148 Å². The molecule has 0 fully saturated rings. The molecule has 0 saturated heterocycles. The van der Waals surface area contributed by atoms with E-state index in [1.54, 1.807) is 20.4 Å². The Kier molecular flexibility index (Phi) is 4.02. The van der Waals surface area contributed by atoms with E-state index in [1.807, 2.05) is 46.5 Å². The third kappa shape index (κ3) is 2.80. The SMILES string of the molecule is COc1ccc(OC)c(C2=CSc3nnc(-c4ccccn4)n3N2)c1. The van der Waals surface area contributed by atoms with E-state index in [4.69, 9.17) is 9.47 Å². The average molecular weight is 353 g/mol. The molecule has 0 atom stereocenters. The first-order valence-electron chi connectivity index (χ1n) is 7.53. The first-order valence-corrected chi connectivity index (χ1v) is 8.41. The molecule has 0 amide bonds. The largest absolute Gasteiger partial charge is 0.497 e. The van der Waals surface area contributed by atoms with Gasteiger partial charge in [-0.1, -0.05) is 17.8 Å². The molecular weight excluding hydrogens is 338 g/mol. The second kappa shape index (κ2) is 6.48. The van der Waals surface area contributed by atoms with Crippen molar-refractivity contribution in [2.45, 2.75) is 5.16 Å². The van der Waals surface area contributed by atoms with Gasteiger partial charge < -0.3 is 9.47 Å². The number of aromatic nitrogens is 4. The van der Waals surface area contributed by atoms with Crippen molar-refractivity contribution < 1.29 is 9.47 Å². The minimum Gasteiger partial charge on any atom is -0.497 e. The van der Waals surface area contributed by atoms with Gasteiger partial charge in [0.1, 0.15) is 17.2 Å². The smallest absolute Gasteiger partial charge is 0.214 e. The van der Waals surface area contributed by atoms with Gasteiger partial charge in [0.15, 0.2) is 0 Å². The van der Waals surface area contributed by atoms with Gasteiger partial charge in [-0.25, -0.2) is 4.68 Å². The first-order chi connectivity index (χ1) is 12.3. The molecule has 0 unspecified atom stereocenters. The number of pyridine rings is 1. The van der Waals surface area contributed by atoms with Crippen LogP contribution in [0.15, 0.2) is 53.2 Å². The molecule has 1 N–H and O–H groups in total. The van der Waals surface area contributed by atoms with Crippen molar-refractivity contribution >= 4 is 17.5 Å². The maximum atomic E-state index is 5.48. The van der Waals surface area contributed by atoms with E-state index in [-0.39, 0.29) is 0 Å². The van der Waals surface area contributed by atoms with Crippen molar-refractivity contribution in [3.8, 4) is 23.0 Å². The lowest BCUT2D eigenvalue weighted by molar-refractivity contribution is 0.402. The van der Waals surface area contributed by atoms with Crippen LogP contribution in [0.4, 0.5) is 0 Å². The topological polar surface area (TPSA) is 74.1 Å². The van der Waals surface area contributed by atoms with Crippen molar-refractivity contribution in [2.75, 3.05) is 19.6 Å². The summed E-state index contributed by atoms with van der Waals surface area (Å²) >= 11 is 1.48. The molecule has 3 aromatic rings. The molecular formula is C17H15N5O2S. The number of hydrogen-bond acceptors (Lipinski definition) is 7. The van der Waals surface area contributed by atoms with E-state index in [1.165, 1.54) is 11.8 Å². The highest BCUT2D eigenvalue weighted by Crippen LogP contribution is 2.35. The monoisotopic (exact) mass is 353 g/mol. The second-order valence-corrected chi connectivity index (χ2v) is 6.02. The number of rotatable bonds is 4. The highest BCUT2D eigenvalue weighted by Gasteiger charge is 2.22. The third-order valence-electron chi connectivity index (χ3n) is 3.74. The Balaban J connectivity index is 1.74. The van der Waals surface area contributed by atoms with E-state index < -0.39 is 0 Å². The zero-order valence-electron chi connectivity index (χ0n) is 13.6. The summed E-state index contributed by atoms with van der Waals surface area (Å²) in [7, 11) is 3.28. The first kappa shape index (κ1) is 15.5. The highest BCUT2D eigenvalue weighted by molar-refractivity contribution is 8.02. The van der Waals surface area contributed by atoms with Gasteiger partial charge in [-0.2, -0.15) is 0 Å². The van der Waals surface area contributed by atoms with Crippen LogP contribution in [0.5, 0.6) is 11.5 Å². The van der Waals surface area contributed by atoms with Gasteiger partial charge in [0, 0.05) is 17.2 Å². The van der Waals surface area contributed by atoms with Crippen LogP contribution in [-0.4, -0.2) is 34.1 Å². The van der Waals surface area contributed by atoms with Crippen molar-refractivity contribution in [1.82, 2.24) is 19.9 Å². The Hall–Kier alpha value is -3.00. The molecule has 7 nitrogen and oxygen atoms in total. The molecule has 0 bridgehead atoms. The molecule has 1 aliphatic rings. The highest BCUT2D eigenvalue weighted by atomic mass is 32.2. The predicted octanol–water partition coefficient (Wildman–Crippen LogP) is 3.01. The quantitative estimate of drug-likeness (QED) is 0.773. The maximum Gasteiger partial charge on any atom is 0.214 e. The van der Waals surface area contributed by atoms with Gasteiger partial charge in [-0.3, -0.25) is 10.4 Å². The maximum absolute atomic E-state index is 5.48. The lowest BCUT2D eigenvalue weighted by atomic mass is 10.1. The van der Waals surface area contributed by atoms with Crippen molar-refractivity contribution in [3.63, 3.8) is 0 Å². The molecule has 0 saturated carbocycles. The van der Waals surface area contributed by atoms with Crippen LogP contribution in [0.25, 0.3) is 17.2 Å². The lowest BCUT2D eigenvalue weighted by Crippen LogP contribution is -2.19. The summed E-state index contributed by atoms with van der Waals surface area (Å²) in [5.74, 6) is 2.15. The van der Waals surface area contributed by atoms with Crippen molar-refractivity contribution in [2.24, 2.45) is 0 Å². The van der Waals surface area contributed by atoms with Gasteiger partial charge in [0.2, 0.25) is 11.0 Å². The van der Waals surface area contributed by atoms with Crippen LogP contribution >= 0.6 is 11.8 Å². The second-order valence-electron chi connectivity index (χ2n) is 5.18. The fourth-order valence-electron chi connectivity index (χ4n) is 2.51. The van der Waals surface area contributed by atoms with Crippen LogP contribution in [0, 0.1) is 0 Å². The standard InChI is InChI=1S/C17H15N5O2S/c1-23-11-6-7-15(24-2)12(9-11)14-10-25-17-20-19-16(22(17)21-14)13-5-3-4-8-18-13/h3-10,21H,1-2H3. The molecule has 8 heteroatoms. The third-order valence-corrected chi connectivity index (χ3v) is 4.57. The summed E-state index contributed by atoms with van der Waals surface area (Å²) in [4.78, 5) is 4.35. The molecule has 3 heterocycles. The van der Waals surface area contributed by atoms with Gasteiger partial charge >= 0.3 is 0 Å². The number of benzene rings is 1. The molecule has 0 aliphatic carbocycles. The number of hydrogen-bond donors (Lipinski definition) is 1. The molecule has 0 spiro atoms. The number of thioether (sulfide) groups is 1. The van der Waals surface area contributed by atoms with Gasteiger partial charge in [0.25, 0.3) is 0 Å². The van der Waals surface area contributed by atoms with E-state index in [2.05, 4.69) is 20.6 Å². The van der Waals surface area contributed by atoms with Crippen molar-refractivity contribution in [3.05, 3.63) is 53.6 Å². The van der Waals surface area contributed by atoms with Gasteiger partial charge in [-0.15, -0.1) is 10.2 Å². The minimum atomic E-state index is 0.649. The molecule has 2 aromatic heterocycles. The van der Waals surface area contributed by atoms with E-state index in [9.17, 15) is 0 Å². The summed E-state index contributed by atoms with van der Waals surface area (Å²) in [5, 5.41) is 11.2. The normalized spacial score (nSPS) is 12.8. The molecule has 0 radical (unpaired) electrons. The minimum absolute atomic E-state index is 0.649. The number of fused-ring (bicyclic) bond motifs is 1. The van der Waals surface area contributed by atoms with Gasteiger partial charge in [0.05, 0.1) is 19.9 Å². The molecule has 25 heavy (non-hydrogen) atoms. The van der Waals surface area contributed by atoms with Crippen LogP contribution < -0.4 is 14.9 Å². The number of nitrogens with zero attached hydrogens (tertiary/aromatic N) is 4. The van der Waals surface area contributed by atoms with Crippen LogP contribution in [0.3, 0.4) is 0 Å². The van der Waals surface area contributed by atoms with E-state index in [0.29, 0.717) is 5.82 Å². The van der Waals surface area contributed by atoms with E-state index >= 15 is 0 Å². The number of ether oxygens (including phenoxy) is 2. The zero-order chi connectivity index (χ0) is 17.2.